The van der Waals surface area contributed by atoms with Gasteiger partial charge in [0, 0.05) is 42.5 Å². The second kappa shape index (κ2) is 14.2. The molecule has 1 heterocycles. The van der Waals surface area contributed by atoms with E-state index >= 15 is 0 Å². The van der Waals surface area contributed by atoms with Gasteiger partial charge in [0.15, 0.2) is 0 Å². The van der Waals surface area contributed by atoms with E-state index in [2.05, 4.69) is 234 Å². The summed E-state index contributed by atoms with van der Waals surface area (Å²) in [5, 5.41) is 5.08. The highest BCUT2D eigenvalue weighted by Crippen LogP contribution is 2.52. The number of hydrogen-bond acceptors (Lipinski definition) is 2. The Morgan fingerprint density at radius 2 is 1.07 bits per heavy atom. The first kappa shape index (κ1) is 37.3. The van der Waals surface area contributed by atoms with Crippen molar-refractivity contribution in [3.8, 4) is 44.5 Å². The number of hydrogen-bond donors (Lipinski definition) is 0. The molecular weight excluding hydrogens is 755 g/mol. The van der Waals surface area contributed by atoms with E-state index in [1.54, 1.807) is 0 Å². The fourth-order valence-electron chi connectivity index (χ4n) is 9.81. The number of benzene rings is 9. The van der Waals surface area contributed by atoms with Gasteiger partial charge in [0.2, 0.25) is 0 Å². The largest absolute Gasteiger partial charge is 0.310 e. The van der Waals surface area contributed by atoms with E-state index < -0.39 is 0 Å². The van der Waals surface area contributed by atoms with Gasteiger partial charge in [-0.25, -0.2) is 0 Å². The van der Waals surface area contributed by atoms with Crippen LogP contribution in [0.3, 0.4) is 0 Å². The molecule has 9 aromatic carbocycles. The van der Waals surface area contributed by atoms with Crippen LogP contribution in [0.5, 0.6) is 0 Å². The van der Waals surface area contributed by atoms with E-state index in [1.165, 1.54) is 92.1 Å². The molecule has 0 saturated heterocycles. The summed E-state index contributed by atoms with van der Waals surface area (Å²) in [4.78, 5) is 2.49. The molecule has 11 rings (SSSR count). The maximum atomic E-state index is 2.49. The van der Waals surface area contributed by atoms with Gasteiger partial charge in [-0.3, -0.25) is 0 Å². The summed E-state index contributed by atoms with van der Waals surface area (Å²) in [6.07, 6.45) is 0. The smallest absolute Gasteiger partial charge is 0.0546 e. The predicted molar refractivity (Wildman–Crippen MR) is 264 cm³/mol. The minimum atomic E-state index is -0.0781. The van der Waals surface area contributed by atoms with Crippen LogP contribution in [0.15, 0.2) is 194 Å². The van der Waals surface area contributed by atoms with Crippen LogP contribution in [0.25, 0.3) is 75.5 Å². The Balaban J connectivity index is 1.12. The van der Waals surface area contributed by atoms with Gasteiger partial charge in [-0.2, -0.15) is 0 Å². The summed E-state index contributed by atoms with van der Waals surface area (Å²) in [7, 11) is 0. The Kier molecular flexibility index (Phi) is 8.67. The Labute approximate surface area is 363 Å². The molecule has 0 bridgehead atoms. The van der Waals surface area contributed by atoms with Crippen LogP contribution in [0, 0.1) is 0 Å². The van der Waals surface area contributed by atoms with Gasteiger partial charge in [-0.1, -0.05) is 186 Å². The molecule has 1 aliphatic rings. The van der Waals surface area contributed by atoms with Gasteiger partial charge < -0.3 is 4.90 Å². The predicted octanol–water partition coefficient (Wildman–Crippen LogP) is 17.3. The van der Waals surface area contributed by atoms with Crippen LogP contribution in [0.2, 0.25) is 0 Å². The third-order valence-corrected chi connectivity index (χ3v) is 14.3. The van der Waals surface area contributed by atoms with E-state index in [4.69, 9.17) is 0 Å². The van der Waals surface area contributed by atoms with Gasteiger partial charge in [0.1, 0.15) is 0 Å². The monoisotopic (exact) mass is 801 g/mol. The number of fused-ring (bicyclic) bond motifs is 7. The number of rotatable bonds is 6. The second-order valence-electron chi connectivity index (χ2n) is 18.2. The molecule has 0 fully saturated rings. The minimum absolute atomic E-state index is 0.0781. The van der Waals surface area contributed by atoms with Crippen molar-refractivity contribution in [3.63, 3.8) is 0 Å². The van der Waals surface area contributed by atoms with Crippen molar-refractivity contribution >= 4 is 59.3 Å². The van der Waals surface area contributed by atoms with Crippen molar-refractivity contribution in [2.24, 2.45) is 0 Å². The van der Waals surface area contributed by atoms with E-state index in [0.717, 1.165) is 17.1 Å². The van der Waals surface area contributed by atoms with Crippen molar-refractivity contribution < 1.29 is 0 Å². The van der Waals surface area contributed by atoms with Crippen molar-refractivity contribution in [3.05, 3.63) is 211 Å². The van der Waals surface area contributed by atoms with Crippen molar-refractivity contribution in [2.45, 2.75) is 45.4 Å². The lowest BCUT2D eigenvalue weighted by molar-refractivity contribution is 0.590. The van der Waals surface area contributed by atoms with E-state index in [0.29, 0.717) is 0 Å². The first-order chi connectivity index (χ1) is 29.6. The molecule has 0 spiro atoms. The minimum Gasteiger partial charge on any atom is -0.310 e. The van der Waals surface area contributed by atoms with Crippen LogP contribution in [0.1, 0.15) is 51.3 Å². The maximum absolute atomic E-state index is 2.49. The van der Waals surface area contributed by atoms with E-state index in [1.807, 2.05) is 11.3 Å². The first-order valence-electron chi connectivity index (χ1n) is 21.4. The quantitative estimate of drug-likeness (QED) is 0.162. The molecule has 61 heavy (non-hydrogen) atoms. The third kappa shape index (κ3) is 6.20. The average Bonchev–Trinajstić information content (AvgIpc) is 3.78. The Bertz CT molecular complexity index is 3300. The summed E-state index contributed by atoms with van der Waals surface area (Å²) >= 11 is 1.89. The summed E-state index contributed by atoms with van der Waals surface area (Å²) in [5.74, 6) is 0. The molecule has 0 aliphatic heterocycles. The first-order valence-corrected chi connectivity index (χ1v) is 22.2. The van der Waals surface area contributed by atoms with Crippen LogP contribution in [-0.2, 0) is 10.8 Å². The molecule has 0 N–H and O–H groups in total. The van der Waals surface area contributed by atoms with Crippen LogP contribution in [-0.4, -0.2) is 0 Å². The van der Waals surface area contributed by atoms with Crippen LogP contribution >= 0.6 is 11.3 Å². The fraction of sp³-hybridized carbons (Fsp3) is 0.119. The molecule has 0 saturated carbocycles. The van der Waals surface area contributed by atoms with E-state index in [9.17, 15) is 0 Å². The molecule has 0 atom stereocenters. The molecule has 0 radical (unpaired) electrons. The highest BCUT2D eigenvalue weighted by Gasteiger charge is 2.35. The molecule has 294 valence electrons. The number of nitrogens with zero attached hydrogens (tertiary/aromatic N) is 1. The fourth-order valence-corrected chi connectivity index (χ4v) is 11.0. The summed E-state index contributed by atoms with van der Waals surface area (Å²) < 4.78 is 2.65. The molecule has 0 amide bonds. The van der Waals surface area contributed by atoms with Crippen LogP contribution < -0.4 is 4.90 Å². The third-order valence-electron chi connectivity index (χ3n) is 13.0. The Morgan fingerprint density at radius 3 is 1.87 bits per heavy atom. The summed E-state index contributed by atoms with van der Waals surface area (Å²) in [6.45, 7) is 11.5. The van der Waals surface area contributed by atoms with Crippen LogP contribution in [0.4, 0.5) is 17.1 Å². The number of anilines is 3. The maximum Gasteiger partial charge on any atom is 0.0546 e. The highest BCUT2D eigenvalue weighted by molar-refractivity contribution is 7.26. The van der Waals surface area contributed by atoms with Crippen molar-refractivity contribution in [1.82, 2.24) is 0 Å². The Hall–Kier alpha value is -6.74. The lowest BCUT2D eigenvalue weighted by Gasteiger charge is -2.30. The molecular formula is C59H47NS. The molecule has 10 aromatic rings. The highest BCUT2D eigenvalue weighted by atomic mass is 32.1. The Morgan fingerprint density at radius 1 is 0.443 bits per heavy atom. The topological polar surface area (TPSA) is 3.24 Å². The lowest BCUT2D eigenvalue weighted by atomic mass is 9.82. The SMILES string of the molecule is CC(C)(C)c1ccc(-c2ccc(N(c3ccc4c(c3)-c3ccccc3C4(C)C)c3ccc4ccccc4c3-c3cccc(-c4cccc5c4sc4ccccc45)c3)cc2)cc1. The molecule has 2 heteroatoms. The molecule has 1 aromatic heterocycles. The second-order valence-corrected chi connectivity index (χ2v) is 19.2. The zero-order valence-corrected chi connectivity index (χ0v) is 36.1. The lowest BCUT2D eigenvalue weighted by Crippen LogP contribution is -2.15. The molecule has 0 unspecified atom stereocenters. The zero-order chi connectivity index (χ0) is 41.5. The van der Waals surface area contributed by atoms with Gasteiger partial charge in [0.05, 0.1) is 5.69 Å². The van der Waals surface area contributed by atoms with Gasteiger partial charge in [0.25, 0.3) is 0 Å². The van der Waals surface area contributed by atoms with E-state index in [-0.39, 0.29) is 10.8 Å². The normalized spacial score (nSPS) is 13.1. The molecule has 1 aliphatic carbocycles. The van der Waals surface area contributed by atoms with Gasteiger partial charge in [-0.05, 0) is 114 Å². The average molecular weight is 802 g/mol. The van der Waals surface area contributed by atoms with Crippen molar-refractivity contribution in [1.29, 1.82) is 0 Å². The standard InChI is InChI=1S/C59H47NS/c1-58(2,3)43-29-24-38(25-30-43)39-26-31-44(32-27-39)60(45-33-34-53-51(37-45)48-18-8-10-22-52(48)59(53,4)5)54-35-28-40-14-6-7-17-46(40)56(54)42-16-12-15-41(36-42)47-20-13-21-50-49-19-9-11-23-55(49)61-57(47)50/h6-37H,1-5H3. The zero-order valence-electron chi connectivity index (χ0n) is 35.3. The van der Waals surface area contributed by atoms with Gasteiger partial charge in [-0.15, -0.1) is 11.3 Å². The number of thiophene rings is 1. The summed E-state index contributed by atoms with van der Waals surface area (Å²) in [5.41, 5.74) is 17.5. The van der Waals surface area contributed by atoms with Crippen molar-refractivity contribution in [2.75, 3.05) is 4.90 Å². The molecule has 1 nitrogen and oxygen atoms in total. The van der Waals surface area contributed by atoms with Gasteiger partial charge >= 0.3 is 0 Å². The summed E-state index contributed by atoms with van der Waals surface area (Å²) in [6, 6.07) is 72.6.